The standard InChI is InChI=1S/C24H35N5O.HI/c1-5-25-23(28-18-24(3,4)21-9-7-6-8-10-21)27-16-20-11-12-22(26-15-20)29-13-14-30-19(2)17-29;/h6-12,15,19H,5,13-14,16-18H2,1-4H3,(H2,25,27,28);1H. The van der Waals surface area contributed by atoms with Gasteiger partial charge in [-0.1, -0.05) is 50.2 Å². The van der Waals surface area contributed by atoms with E-state index in [0.717, 1.165) is 50.1 Å². The first-order valence-electron chi connectivity index (χ1n) is 10.9. The molecule has 0 bridgehead atoms. The van der Waals surface area contributed by atoms with E-state index in [-0.39, 0.29) is 35.5 Å². The molecule has 0 amide bonds. The average molecular weight is 537 g/mol. The van der Waals surface area contributed by atoms with Gasteiger partial charge in [0.25, 0.3) is 0 Å². The molecule has 1 aliphatic heterocycles. The summed E-state index contributed by atoms with van der Waals surface area (Å²) in [5.41, 5.74) is 2.42. The molecule has 1 aromatic heterocycles. The molecule has 1 saturated heterocycles. The second kappa shape index (κ2) is 12.2. The van der Waals surface area contributed by atoms with Gasteiger partial charge in [0.1, 0.15) is 5.82 Å². The van der Waals surface area contributed by atoms with Crippen molar-refractivity contribution in [2.75, 3.05) is 37.7 Å². The number of ether oxygens (including phenoxy) is 1. The van der Waals surface area contributed by atoms with Gasteiger partial charge in [0, 0.05) is 37.8 Å². The fraction of sp³-hybridized carbons (Fsp3) is 0.500. The van der Waals surface area contributed by atoms with E-state index in [0.29, 0.717) is 6.54 Å². The Morgan fingerprint density at radius 1 is 1.19 bits per heavy atom. The van der Waals surface area contributed by atoms with Crippen molar-refractivity contribution in [3.8, 4) is 0 Å². The Bertz CT molecular complexity index is 810. The van der Waals surface area contributed by atoms with Gasteiger partial charge in [0.05, 0.1) is 19.3 Å². The Balaban J connectivity index is 0.00000341. The number of benzene rings is 1. The number of anilines is 1. The van der Waals surface area contributed by atoms with E-state index in [1.165, 1.54) is 5.56 Å². The summed E-state index contributed by atoms with van der Waals surface area (Å²) < 4.78 is 5.62. The molecule has 0 spiro atoms. The number of aliphatic imine (C=N–C) groups is 1. The van der Waals surface area contributed by atoms with Crippen molar-refractivity contribution in [3.05, 3.63) is 59.8 Å². The molecule has 6 nitrogen and oxygen atoms in total. The Labute approximate surface area is 203 Å². The lowest BCUT2D eigenvalue weighted by Crippen LogP contribution is -2.43. The highest BCUT2D eigenvalue weighted by molar-refractivity contribution is 14.0. The number of rotatable bonds is 7. The molecule has 1 fully saturated rings. The highest BCUT2D eigenvalue weighted by Crippen LogP contribution is 2.21. The van der Waals surface area contributed by atoms with Crippen LogP contribution in [0, 0.1) is 0 Å². The van der Waals surface area contributed by atoms with Gasteiger partial charge in [0.2, 0.25) is 0 Å². The first-order chi connectivity index (χ1) is 14.5. The third kappa shape index (κ3) is 7.64. The Morgan fingerprint density at radius 2 is 1.97 bits per heavy atom. The second-order valence-corrected chi connectivity index (χ2v) is 8.45. The van der Waals surface area contributed by atoms with Crippen LogP contribution in [0.15, 0.2) is 53.7 Å². The van der Waals surface area contributed by atoms with Crippen molar-refractivity contribution in [2.45, 2.75) is 45.8 Å². The van der Waals surface area contributed by atoms with Crippen LogP contribution in [0.2, 0.25) is 0 Å². The third-order valence-electron chi connectivity index (χ3n) is 5.39. The predicted octanol–water partition coefficient (Wildman–Crippen LogP) is 3.96. The molecule has 0 radical (unpaired) electrons. The summed E-state index contributed by atoms with van der Waals surface area (Å²) in [6.07, 6.45) is 2.18. The van der Waals surface area contributed by atoms with Crippen molar-refractivity contribution in [1.29, 1.82) is 0 Å². The average Bonchev–Trinajstić information content (AvgIpc) is 2.77. The molecule has 1 aliphatic rings. The van der Waals surface area contributed by atoms with Crippen LogP contribution in [0.5, 0.6) is 0 Å². The van der Waals surface area contributed by atoms with Crippen LogP contribution in [0.3, 0.4) is 0 Å². The minimum atomic E-state index is 0. The van der Waals surface area contributed by atoms with Gasteiger partial charge in [-0.05, 0) is 31.0 Å². The highest BCUT2D eigenvalue weighted by atomic mass is 127. The normalized spacial score (nSPS) is 17.1. The molecule has 2 aromatic rings. The molecule has 0 saturated carbocycles. The molecule has 0 aliphatic carbocycles. The molecule has 1 unspecified atom stereocenters. The van der Waals surface area contributed by atoms with Crippen molar-refractivity contribution in [3.63, 3.8) is 0 Å². The summed E-state index contributed by atoms with van der Waals surface area (Å²) in [4.78, 5) is 11.7. The maximum atomic E-state index is 5.62. The monoisotopic (exact) mass is 537 g/mol. The van der Waals surface area contributed by atoms with Gasteiger partial charge in [-0.3, -0.25) is 0 Å². The van der Waals surface area contributed by atoms with Gasteiger partial charge < -0.3 is 20.3 Å². The highest BCUT2D eigenvalue weighted by Gasteiger charge is 2.20. The number of hydrogen-bond donors (Lipinski definition) is 2. The zero-order valence-corrected chi connectivity index (χ0v) is 21.4. The minimum Gasteiger partial charge on any atom is -0.375 e. The Hall–Kier alpha value is -1.87. The van der Waals surface area contributed by atoms with Gasteiger partial charge >= 0.3 is 0 Å². The maximum Gasteiger partial charge on any atom is 0.191 e. The molecule has 1 atom stereocenters. The summed E-state index contributed by atoms with van der Waals surface area (Å²) in [7, 11) is 0. The minimum absolute atomic E-state index is 0. The first-order valence-corrected chi connectivity index (χ1v) is 10.9. The fourth-order valence-electron chi connectivity index (χ4n) is 3.53. The molecular weight excluding hydrogens is 501 g/mol. The summed E-state index contributed by atoms with van der Waals surface area (Å²) in [6, 6.07) is 14.8. The number of pyridine rings is 1. The molecule has 3 rings (SSSR count). The zero-order chi connectivity index (χ0) is 21.4. The molecule has 7 heteroatoms. The maximum absolute atomic E-state index is 5.62. The molecule has 2 N–H and O–H groups in total. The SMILES string of the molecule is CCNC(=NCc1ccc(N2CCOC(C)C2)nc1)NCC(C)(C)c1ccccc1.I. The van der Waals surface area contributed by atoms with Crippen molar-refractivity contribution >= 4 is 35.8 Å². The molecule has 170 valence electrons. The molecular formula is C24H36IN5O. The van der Waals surface area contributed by atoms with Crippen LogP contribution >= 0.6 is 24.0 Å². The molecule has 31 heavy (non-hydrogen) atoms. The van der Waals surface area contributed by atoms with Gasteiger partial charge in [0.15, 0.2) is 5.96 Å². The van der Waals surface area contributed by atoms with E-state index in [4.69, 9.17) is 9.73 Å². The number of guanidine groups is 1. The van der Waals surface area contributed by atoms with Crippen LogP contribution in [0.4, 0.5) is 5.82 Å². The number of hydrogen-bond acceptors (Lipinski definition) is 4. The lowest BCUT2D eigenvalue weighted by atomic mass is 9.85. The van der Waals surface area contributed by atoms with Crippen LogP contribution < -0.4 is 15.5 Å². The van der Waals surface area contributed by atoms with Crippen LogP contribution in [-0.4, -0.2) is 49.8 Å². The number of nitrogens with zero attached hydrogens (tertiary/aromatic N) is 3. The molecule has 1 aromatic carbocycles. The van der Waals surface area contributed by atoms with Crippen LogP contribution in [-0.2, 0) is 16.7 Å². The van der Waals surface area contributed by atoms with E-state index < -0.39 is 0 Å². The lowest BCUT2D eigenvalue weighted by Gasteiger charge is -2.32. The number of morpholine rings is 1. The van der Waals surface area contributed by atoms with E-state index in [1.807, 2.05) is 6.20 Å². The first kappa shape index (κ1) is 25.4. The van der Waals surface area contributed by atoms with E-state index in [9.17, 15) is 0 Å². The topological polar surface area (TPSA) is 61.8 Å². The predicted molar refractivity (Wildman–Crippen MR) is 140 cm³/mol. The van der Waals surface area contributed by atoms with Gasteiger partial charge in [-0.15, -0.1) is 24.0 Å². The summed E-state index contributed by atoms with van der Waals surface area (Å²) in [5, 5.41) is 6.84. The third-order valence-corrected chi connectivity index (χ3v) is 5.39. The summed E-state index contributed by atoms with van der Waals surface area (Å²) in [6.45, 7) is 13.4. The molecule has 2 heterocycles. The van der Waals surface area contributed by atoms with E-state index in [2.05, 4.69) is 90.7 Å². The summed E-state index contributed by atoms with van der Waals surface area (Å²) >= 11 is 0. The smallest absolute Gasteiger partial charge is 0.191 e. The van der Waals surface area contributed by atoms with Crippen LogP contribution in [0.1, 0.15) is 38.8 Å². The Kier molecular flexibility index (Phi) is 10.0. The quantitative estimate of drug-likeness (QED) is 0.318. The number of nitrogens with one attached hydrogen (secondary N) is 2. The second-order valence-electron chi connectivity index (χ2n) is 8.45. The zero-order valence-electron chi connectivity index (χ0n) is 19.1. The van der Waals surface area contributed by atoms with Crippen molar-refractivity contribution in [1.82, 2.24) is 15.6 Å². The number of halogens is 1. The van der Waals surface area contributed by atoms with Gasteiger partial charge in [-0.25, -0.2) is 9.98 Å². The van der Waals surface area contributed by atoms with E-state index >= 15 is 0 Å². The van der Waals surface area contributed by atoms with E-state index in [1.54, 1.807) is 0 Å². The fourth-order valence-corrected chi connectivity index (χ4v) is 3.53. The van der Waals surface area contributed by atoms with Crippen molar-refractivity contribution in [2.24, 2.45) is 4.99 Å². The van der Waals surface area contributed by atoms with Crippen LogP contribution in [0.25, 0.3) is 0 Å². The number of aromatic nitrogens is 1. The Morgan fingerprint density at radius 3 is 2.61 bits per heavy atom. The van der Waals surface area contributed by atoms with Gasteiger partial charge in [-0.2, -0.15) is 0 Å². The summed E-state index contributed by atoms with van der Waals surface area (Å²) in [5.74, 6) is 1.83. The van der Waals surface area contributed by atoms with Crippen molar-refractivity contribution < 1.29 is 4.74 Å². The lowest BCUT2D eigenvalue weighted by molar-refractivity contribution is 0.0529. The largest absolute Gasteiger partial charge is 0.375 e.